The van der Waals surface area contributed by atoms with Crippen LogP contribution in [0, 0.1) is 13.8 Å². The number of ether oxygens (including phenoxy) is 1. The first kappa shape index (κ1) is 19.9. The van der Waals surface area contributed by atoms with Crippen LogP contribution < -0.4 is 10.6 Å². The minimum absolute atomic E-state index is 0.0516. The predicted octanol–water partition coefficient (Wildman–Crippen LogP) is 2.04. The highest BCUT2D eigenvalue weighted by molar-refractivity contribution is 6.07. The van der Waals surface area contributed by atoms with Crippen molar-refractivity contribution in [3.8, 4) is 0 Å². The van der Waals surface area contributed by atoms with E-state index in [-0.39, 0.29) is 18.9 Å². The highest BCUT2D eigenvalue weighted by Gasteiger charge is 2.52. The van der Waals surface area contributed by atoms with Crippen LogP contribution in [0.15, 0.2) is 18.2 Å². The predicted molar refractivity (Wildman–Crippen MR) is 102 cm³/mol. The van der Waals surface area contributed by atoms with Gasteiger partial charge in [0.05, 0.1) is 6.42 Å². The molecule has 0 atom stereocenters. The molecule has 1 spiro atoms. The molecule has 0 unspecified atom stereocenters. The molecule has 1 aromatic carbocycles. The quantitative estimate of drug-likeness (QED) is 0.574. The number of carbonyl (C=O) groups excluding carboxylic acids is 4. The summed E-state index contributed by atoms with van der Waals surface area (Å²) < 4.78 is 4.97. The van der Waals surface area contributed by atoms with E-state index in [1.807, 2.05) is 26.0 Å². The summed E-state index contributed by atoms with van der Waals surface area (Å²) in [6.07, 6.45) is 2.93. The Balaban J connectivity index is 1.44. The molecule has 1 aliphatic heterocycles. The average molecular weight is 387 g/mol. The van der Waals surface area contributed by atoms with E-state index >= 15 is 0 Å². The third kappa shape index (κ3) is 4.16. The van der Waals surface area contributed by atoms with Crippen molar-refractivity contribution in [2.75, 3.05) is 18.5 Å². The van der Waals surface area contributed by atoms with Crippen LogP contribution in [-0.4, -0.2) is 47.4 Å². The second-order valence-electron chi connectivity index (χ2n) is 7.45. The van der Waals surface area contributed by atoms with Crippen molar-refractivity contribution in [2.45, 2.75) is 51.5 Å². The van der Waals surface area contributed by atoms with Gasteiger partial charge in [0.1, 0.15) is 5.54 Å². The Morgan fingerprint density at radius 2 is 1.93 bits per heavy atom. The summed E-state index contributed by atoms with van der Waals surface area (Å²) in [6.45, 7) is 3.37. The van der Waals surface area contributed by atoms with Gasteiger partial charge in [-0.2, -0.15) is 0 Å². The van der Waals surface area contributed by atoms with Crippen molar-refractivity contribution in [2.24, 2.45) is 0 Å². The van der Waals surface area contributed by atoms with Gasteiger partial charge in [0.2, 0.25) is 0 Å². The number of imide groups is 1. The molecule has 0 aromatic heterocycles. The minimum Gasteiger partial charge on any atom is -0.456 e. The molecule has 4 amide bonds. The third-order valence-corrected chi connectivity index (χ3v) is 5.26. The first-order valence-electron chi connectivity index (χ1n) is 9.47. The zero-order valence-electron chi connectivity index (χ0n) is 16.2. The zero-order chi connectivity index (χ0) is 20.3. The van der Waals surface area contributed by atoms with Crippen molar-refractivity contribution >= 4 is 29.5 Å². The number of benzene rings is 1. The van der Waals surface area contributed by atoms with E-state index in [1.165, 1.54) is 0 Å². The van der Waals surface area contributed by atoms with Gasteiger partial charge in [-0.25, -0.2) is 4.79 Å². The Morgan fingerprint density at radius 1 is 1.21 bits per heavy atom. The van der Waals surface area contributed by atoms with Crippen molar-refractivity contribution in [1.29, 1.82) is 0 Å². The minimum atomic E-state index is -0.785. The number of esters is 1. The lowest BCUT2D eigenvalue weighted by Crippen LogP contribution is -2.44. The lowest BCUT2D eigenvalue weighted by atomic mass is 9.98. The van der Waals surface area contributed by atoms with Gasteiger partial charge >= 0.3 is 12.0 Å². The number of anilines is 1. The lowest BCUT2D eigenvalue weighted by molar-refractivity contribution is -0.147. The molecule has 3 rings (SSSR count). The summed E-state index contributed by atoms with van der Waals surface area (Å²) in [6, 6.07) is 5.15. The van der Waals surface area contributed by atoms with Crippen LogP contribution >= 0.6 is 0 Å². The van der Waals surface area contributed by atoms with Crippen LogP contribution in [0.4, 0.5) is 10.5 Å². The molecule has 8 nitrogen and oxygen atoms in total. The number of rotatable bonds is 6. The molecule has 8 heteroatoms. The Kier molecular flexibility index (Phi) is 5.67. The highest BCUT2D eigenvalue weighted by atomic mass is 16.5. The largest absolute Gasteiger partial charge is 0.456 e. The summed E-state index contributed by atoms with van der Waals surface area (Å²) in [5.41, 5.74) is 1.88. The Hall–Kier alpha value is -2.90. The Labute approximate surface area is 163 Å². The number of carbonyl (C=O) groups is 4. The summed E-state index contributed by atoms with van der Waals surface area (Å²) in [4.78, 5) is 49.5. The van der Waals surface area contributed by atoms with Crippen molar-refractivity contribution < 1.29 is 23.9 Å². The van der Waals surface area contributed by atoms with Crippen molar-refractivity contribution in [3.63, 3.8) is 0 Å². The van der Waals surface area contributed by atoms with E-state index in [0.717, 1.165) is 28.9 Å². The maximum atomic E-state index is 12.5. The van der Waals surface area contributed by atoms with E-state index in [4.69, 9.17) is 4.74 Å². The molecule has 28 heavy (non-hydrogen) atoms. The molecule has 2 N–H and O–H groups in total. The second kappa shape index (κ2) is 8.00. The SMILES string of the molecule is Cc1ccc(NC(=O)COC(=O)CCN2C(=O)NC3(CCCC3)C2=O)c(C)c1. The van der Waals surface area contributed by atoms with Crippen molar-refractivity contribution in [1.82, 2.24) is 10.2 Å². The molecule has 2 fully saturated rings. The van der Waals surface area contributed by atoms with Crippen molar-refractivity contribution in [3.05, 3.63) is 29.3 Å². The summed E-state index contributed by atoms with van der Waals surface area (Å²) in [5.74, 6) is -1.35. The van der Waals surface area contributed by atoms with E-state index in [2.05, 4.69) is 10.6 Å². The maximum Gasteiger partial charge on any atom is 0.325 e. The Bertz CT molecular complexity index is 814. The summed E-state index contributed by atoms with van der Waals surface area (Å²) >= 11 is 0. The zero-order valence-corrected chi connectivity index (χ0v) is 16.2. The molecule has 1 aliphatic carbocycles. The van der Waals surface area contributed by atoms with Crippen LogP contribution in [0.2, 0.25) is 0 Å². The number of amides is 4. The number of urea groups is 1. The van der Waals surface area contributed by atoms with Gasteiger partial charge in [-0.05, 0) is 38.3 Å². The summed E-state index contributed by atoms with van der Waals surface area (Å²) in [7, 11) is 0. The van der Waals surface area contributed by atoms with E-state index in [9.17, 15) is 19.2 Å². The molecular formula is C20H25N3O5. The molecule has 2 aliphatic rings. The van der Waals surface area contributed by atoms with Crippen LogP contribution in [-0.2, 0) is 19.1 Å². The Morgan fingerprint density at radius 3 is 2.61 bits per heavy atom. The fourth-order valence-electron chi connectivity index (χ4n) is 3.76. The average Bonchev–Trinajstić information content (AvgIpc) is 3.20. The van der Waals surface area contributed by atoms with Gasteiger partial charge in [0, 0.05) is 12.2 Å². The maximum absolute atomic E-state index is 12.5. The van der Waals surface area contributed by atoms with E-state index in [0.29, 0.717) is 18.5 Å². The molecule has 1 saturated carbocycles. The van der Waals surface area contributed by atoms with Crippen LogP contribution in [0.1, 0.15) is 43.2 Å². The van der Waals surface area contributed by atoms with Gasteiger partial charge in [-0.1, -0.05) is 30.5 Å². The van der Waals surface area contributed by atoms with Gasteiger partial charge < -0.3 is 15.4 Å². The first-order valence-corrected chi connectivity index (χ1v) is 9.47. The fourth-order valence-corrected chi connectivity index (χ4v) is 3.76. The fraction of sp³-hybridized carbons (Fsp3) is 0.500. The van der Waals surface area contributed by atoms with E-state index in [1.54, 1.807) is 6.07 Å². The molecule has 150 valence electrons. The third-order valence-electron chi connectivity index (χ3n) is 5.26. The number of nitrogens with one attached hydrogen (secondary N) is 2. The van der Waals surface area contributed by atoms with E-state index < -0.39 is 30.1 Å². The van der Waals surface area contributed by atoms with Crippen LogP contribution in [0.5, 0.6) is 0 Å². The van der Waals surface area contributed by atoms with Gasteiger partial charge in [0.25, 0.3) is 11.8 Å². The smallest absolute Gasteiger partial charge is 0.325 e. The second-order valence-corrected chi connectivity index (χ2v) is 7.45. The van der Waals surface area contributed by atoms with Gasteiger partial charge in [0.15, 0.2) is 6.61 Å². The molecule has 0 radical (unpaired) electrons. The normalized spacial score (nSPS) is 17.7. The number of aryl methyl sites for hydroxylation is 2. The van der Waals surface area contributed by atoms with Crippen LogP contribution in [0.3, 0.4) is 0 Å². The lowest BCUT2D eigenvalue weighted by Gasteiger charge is -2.19. The molecule has 0 bridgehead atoms. The van der Waals surface area contributed by atoms with Gasteiger partial charge in [-0.3, -0.25) is 19.3 Å². The number of hydrogen-bond acceptors (Lipinski definition) is 5. The summed E-state index contributed by atoms with van der Waals surface area (Å²) in [5, 5.41) is 5.45. The topological polar surface area (TPSA) is 105 Å². The standard InChI is InChI=1S/C20H25N3O5/c1-13-5-6-15(14(2)11-13)21-16(24)12-28-17(25)7-10-23-18(26)20(22-19(23)27)8-3-4-9-20/h5-6,11H,3-4,7-10,12H2,1-2H3,(H,21,24)(H,22,27). The molecular weight excluding hydrogens is 362 g/mol. The highest BCUT2D eigenvalue weighted by Crippen LogP contribution is 2.35. The van der Waals surface area contributed by atoms with Crippen LogP contribution in [0.25, 0.3) is 0 Å². The number of hydrogen-bond donors (Lipinski definition) is 2. The number of nitrogens with zero attached hydrogens (tertiary/aromatic N) is 1. The first-order chi connectivity index (χ1) is 13.3. The molecule has 1 heterocycles. The monoisotopic (exact) mass is 387 g/mol. The molecule has 1 aromatic rings. The van der Waals surface area contributed by atoms with Gasteiger partial charge in [-0.15, -0.1) is 0 Å². The molecule has 1 saturated heterocycles.